The molecule has 1 aliphatic rings. The zero-order chi connectivity index (χ0) is 31.9. The fourth-order valence-electron chi connectivity index (χ4n) is 5.53. The van der Waals surface area contributed by atoms with Gasteiger partial charge in [-0.3, -0.25) is 0 Å². The lowest BCUT2D eigenvalue weighted by molar-refractivity contribution is 0.106. The summed E-state index contributed by atoms with van der Waals surface area (Å²) in [5.74, 6) is 1.49. The molecule has 0 bridgehead atoms. The van der Waals surface area contributed by atoms with E-state index in [0.717, 1.165) is 49.4 Å². The molecular weight excluding hydrogens is 568 g/mol. The number of aryl methyl sites for hydroxylation is 2. The molecular formula is C35H42N6O4. The number of para-hydroxylation sites is 1. The maximum atomic E-state index is 13.9. The van der Waals surface area contributed by atoms with Crippen molar-refractivity contribution in [1.29, 1.82) is 0 Å². The summed E-state index contributed by atoms with van der Waals surface area (Å²) in [5, 5.41) is 3.23. The van der Waals surface area contributed by atoms with Crippen molar-refractivity contribution in [2.75, 3.05) is 57.7 Å². The average molecular weight is 611 g/mol. The van der Waals surface area contributed by atoms with Crippen molar-refractivity contribution in [1.82, 2.24) is 19.8 Å². The smallest absolute Gasteiger partial charge is 0.425 e. The number of ether oxygens (including phenoxy) is 3. The minimum Gasteiger partial charge on any atom is -0.497 e. The Kier molecular flexibility index (Phi) is 10.2. The molecule has 1 amide bonds. The van der Waals surface area contributed by atoms with E-state index in [1.54, 1.807) is 44.7 Å². The van der Waals surface area contributed by atoms with Crippen LogP contribution in [0.15, 0.2) is 72.9 Å². The molecule has 10 nitrogen and oxygen atoms in total. The van der Waals surface area contributed by atoms with Crippen molar-refractivity contribution in [3.63, 3.8) is 0 Å². The molecule has 45 heavy (non-hydrogen) atoms. The predicted molar refractivity (Wildman–Crippen MR) is 178 cm³/mol. The second kappa shape index (κ2) is 14.4. The van der Waals surface area contributed by atoms with Gasteiger partial charge in [0.25, 0.3) is 0 Å². The Hall–Kier alpha value is -4.67. The van der Waals surface area contributed by atoms with Crippen LogP contribution in [0.3, 0.4) is 0 Å². The van der Waals surface area contributed by atoms with Crippen molar-refractivity contribution in [3.8, 4) is 17.4 Å². The van der Waals surface area contributed by atoms with E-state index >= 15 is 0 Å². The number of anilines is 4. The highest BCUT2D eigenvalue weighted by atomic mass is 16.6. The standard InChI is InChI=1S/C35H42N6O4/c1-24-8-7-9-25(2)33(24)41(30-15-14-29(43-5)22-31(30)44-6)35(42)45-32-16-18-36-34(38-32)37-28-12-10-27(11-13-28)17-19-40-21-20-39(4)26(3)23-40/h7-16,18,22,26H,17,19-21,23H2,1-6H3,(H,36,37,38). The summed E-state index contributed by atoms with van der Waals surface area (Å²) in [4.78, 5) is 29.1. The first-order chi connectivity index (χ1) is 21.7. The molecule has 10 heteroatoms. The molecule has 1 N–H and O–H groups in total. The van der Waals surface area contributed by atoms with E-state index in [2.05, 4.69) is 51.2 Å². The number of piperazine rings is 1. The summed E-state index contributed by atoms with van der Waals surface area (Å²) in [6.07, 6.45) is 1.91. The summed E-state index contributed by atoms with van der Waals surface area (Å²) in [7, 11) is 5.32. The zero-order valence-corrected chi connectivity index (χ0v) is 26.9. The first-order valence-electron chi connectivity index (χ1n) is 15.2. The number of methoxy groups -OCH3 is 2. The number of nitrogens with zero attached hydrogens (tertiary/aromatic N) is 5. The monoisotopic (exact) mass is 610 g/mol. The normalized spacial score (nSPS) is 15.4. The lowest BCUT2D eigenvalue weighted by atomic mass is 10.1. The largest absolute Gasteiger partial charge is 0.497 e. The second-order valence-electron chi connectivity index (χ2n) is 11.4. The van der Waals surface area contributed by atoms with Gasteiger partial charge < -0.3 is 29.3 Å². The van der Waals surface area contributed by atoms with Crippen LogP contribution in [0.5, 0.6) is 17.4 Å². The summed E-state index contributed by atoms with van der Waals surface area (Å²) < 4.78 is 16.9. The van der Waals surface area contributed by atoms with Crippen LogP contribution < -0.4 is 24.4 Å². The summed E-state index contributed by atoms with van der Waals surface area (Å²) in [6, 6.07) is 21.5. The van der Waals surface area contributed by atoms with Crippen LogP contribution in [0, 0.1) is 13.8 Å². The molecule has 236 valence electrons. The van der Waals surface area contributed by atoms with E-state index in [4.69, 9.17) is 14.2 Å². The third-order valence-corrected chi connectivity index (χ3v) is 8.27. The molecule has 1 aromatic heterocycles. The molecule has 2 heterocycles. The lowest BCUT2D eigenvalue weighted by Gasteiger charge is -2.37. The number of amides is 1. The van der Waals surface area contributed by atoms with E-state index < -0.39 is 6.09 Å². The molecule has 3 aromatic carbocycles. The molecule has 0 saturated carbocycles. The number of carbonyl (C=O) groups excluding carboxylic acids is 1. The number of hydrogen-bond donors (Lipinski definition) is 1. The molecule has 0 aliphatic carbocycles. The highest BCUT2D eigenvalue weighted by Gasteiger charge is 2.27. The van der Waals surface area contributed by atoms with Crippen LogP contribution in [0.2, 0.25) is 0 Å². The van der Waals surface area contributed by atoms with Gasteiger partial charge in [0.15, 0.2) is 0 Å². The number of carbonyl (C=O) groups is 1. The SMILES string of the molecule is COc1ccc(N(C(=O)Oc2ccnc(Nc3ccc(CCN4CCN(C)C(C)C4)cc3)n2)c2c(C)cccc2C)c(OC)c1. The molecule has 1 aliphatic heterocycles. The Labute approximate surface area is 265 Å². The minimum atomic E-state index is -0.639. The Morgan fingerprint density at radius 3 is 2.44 bits per heavy atom. The zero-order valence-electron chi connectivity index (χ0n) is 26.9. The molecule has 1 saturated heterocycles. The van der Waals surface area contributed by atoms with Crippen molar-refractivity contribution >= 4 is 29.1 Å². The third kappa shape index (κ3) is 7.71. The second-order valence-corrected chi connectivity index (χ2v) is 11.4. The van der Waals surface area contributed by atoms with Gasteiger partial charge in [0.1, 0.15) is 11.5 Å². The van der Waals surface area contributed by atoms with Crippen LogP contribution in [0.4, 0.5) is 27.8 Å². The Balaban J connectivity index is 1.30. The Morgan fingerprint density at radius 1 is 1.00 bits per heavy atom. The van der Waals surface area contributed by atoms with Gasteiger partial charge >= 0.3 is 6.09 Å². The Bertz CT molecular complexity index is 1590. The summed E-state index contributed by atoms with van der Waals surface area (Å²) >= 11 is 0. The van der Waals surface area contributed by atoms with Gasteiger partial charge in [-0.25, -0.2) is 14.7 Å². The fourth-order valence-corrected chi connectivity index (χ4v) is 5.53. The van der Waals surface area contributed by atoms with Gasteiger partial charge in [-0.1, -0.05) is 30.3 Å². The molecule has 4 aromatic rings. The van der Waals surface area contributed by atoms with Gasteiger partial charge in [0, 0.05) is 56.2 Å². The highest BCUT2D eigenvalue weighted by Crippen LogP contribution is 2.39. The Morgan fingerprint density at radius 2 is 1.76 bits per heavy atom. The molecule has 1 atom stereocenters. The maximum absolute atomic E-state index is 13.9. The first kappa shape index (κ1) is 31.7. The van der Waals surface area contributed by atoms with E-state index in [-0.39, 0.29) is 5.88 Å². The minimum absolute atomic E-state index is 0.110. The number of benzene rings is 3. The number of nitrogens with one attached hydrogen (secondary N) is 1. The van der Waals surface area contributed by atoms with Crippen molar-refractivity contribution in [2.24, 2.45) is 0 Å². The predicted octanol–water partition coefficient (Wildman–Crippen LogP) is 6.37. The van der Waals surface area contributed by atoms with Crippen LogP contribution in [-0.4, -0.2) is 79.3 Å². The van der Waals surface area contributed by atoms with Crippen LogP contribution >= 0.6 is 0 Å². The van der Waals surface area contributed by atoms with Crippen LogP contribution in [0.1, 0.15) is 23.6 Å². The molecule has 1 fully saturated rings. The molecule has 1 unspecified atom stereocenters. The first-order valence-corrected chi connectivity index (χ1v) is 15.2. The molecule has 5 rings (SSSR count). The van der Waals surface area contributed by atoms with E-state index in [1.165, 1.54) is 10.5 Å². The number of hydrogen-bond acceptors (Lipinski definition) is 9. The van der Waals surface area contributed by atoms with Crippen LogP contribution in [0.25, 0.3) is 0 Å². The van der Waals surface area contributed by atoms with Gasteiger partial charge in [-0.2, -0.15) is 4.98 Å². The number of rotatable bonds is 10. The highest BCUT2D eigenvalue weighted by molar-refractivity contribution is 6.00. The molecule has 0 spiro atoms. The topological polar surface area (TPSA) is 92.3 Å². The van der Waals surface area contributed by atoms with Gasteiger partial charge in [0.2, 0.25) is 11.8 Å². The summed E-state index contributed by atoms with van der Waals surface area (Å²) in [6.45, 7) is 10.5. The van der Waals surface area contributed by atoms with E-state index in [1.807, 2.05) is 44.2 Å². The number of aromatic nitrogens is 2. The van der Waals surface area contributed by atoms with Gasteiger partial charge in [-0.05, 0) is 75.2 Å². The van der Waals surface area contributed by atoms with Crippen molar-refractivity contribution in [3.05, 3.63) is 89.6 Å². The third-order valence-electron chi connectivity index (χ3n) is 8.27. The maximum Gasteiger partial charge on any atom is 0.425 e. The van der Waals surface area contributed by atoms with E-state index in [0.29, 0.717) is 34.9 Å². The van der Waals surface area contributed by atoms with Gasteiger partial charge in [0.05, 0.1) is 25.6 Å². The fraction of sp³-hybridized carbons (Fsp3) is 0.343. The van der Waals surface area contributed by atoms with Crippen LogP contribution in [-0.2, 0) is 6.42 Å². The summed E-state index contributed by atoms with van der Waals surface area (Å²) in [5.41, 5.74) is 5.12. The lowest BCUT2D eigenvalue weighted by Crippen LogP contribution is -2.50. The van der Waals surface area contributed by atoms with Crippen molar-refractivity contribution < 1.29 is 19.0 Å². The average Bonchev–Trinajstić information content (AvgIpc) is 3.04. The van der Waals surface area contributed by atoms with Gasteiger partial charge in [-0.15, -0.1) is 0 Å². The van der Waals surface area contributed by atoms with E-state index in [9.17, 15) is 4.79 Å². The molecule has 0 radical (unpaired) electrons. The number of likely N-dealkylation sites (N-methyl/N-ethyl adjacent to an activating group) is 1. The quantitative estimate of drug-likeness (QED) is 0.220. The van der Waals surface area contributed by atoms with Crippen molar-refractivity contribution in [2.45, 2.75) is 33.2 Å².